The zero-order valence-electron chi connectivity index (χ0n) is 10.9. The van der Waals surface area contributed by atoms with Crippen LogP contribution in [0.4, 0.5) is 5.82 Å². The minimum atomic E-state index is -1.00. The van der Waals surface area contributed by atoms with E-state index in [0.717, 1.165) is 10.6 Å². The Morgan fingerprint density at radius 2 is 2.05 bits per heavy atom. The molecule has 0 spiro atoms. The molecule has 0 saturated carbocycles. The van der Waals surface area contributed by atoms with Gasteiger partial charge in [0.15, 0.2) is 5.82 Å². The minimum absolute atomic E-state index is 0.176. The Labute approximate surface area is 114 Å². The van der Waals surface area contributed by atoms with Gasteiger partial charge in [0.1, 0.15) is 5.56 Å². The van der Waals surface area contributed by atoms with Crippen molar-refractivity contribution in [3.05, 3.63) is 32.9 Å². The number of aromatic nitrogens is 3. The summed E-state index contributed by atoms with van der Waals surface area (Å²) in [4.78, 5) is 16.5. The second-order valence-electron chi connectivity index (χ2n) is 4.15. The number of carboxylic acid groups (broad SMARTS) is 1. The maximum absolute atomic E-state index is 11.3. The summed E-state index contributed by atoms with van der Waals surface area (Å²) in [7, 11) is 0. The molecule has 2 rings (SSSR count). The molecule has 2 aromatic rings. The minimum Gasteiger partial charge on any atom is -0.478 e. The van der Waals surface area contributed by atoms with Crippen LogP contribution in [0.25, 0.3) is 0 Å². The van der Waals surface area contributed by atoms with E-state index < -0.39 is 5.97 Å². The predicted molar refractivity (Wildman–Crippen MR) is 72.6 cm³/mol. The van der Waals surface area contributed by atoms with Crippen LogP contribution in [-0.4, -0.2) is 26.3 Å². The van der Waals surface area contributed by atoms with E-state index in [1.165, 1.54) is 11.3 Å². The number of aromatic carboxylic acids is 1. The van der Waals surface area contributed by atoms with Gasteiger partial charge in [0.2, 0.25) is 0 Å². The quantitative estimate of drug-likeness (QED) is 0.891. The van der Waals surface area contributed by atoms with Gasteiger partial charge in [-0.3, -0.25) is 0 Å². The zero-order valence-corrected chi connectivity index (χ0v) is 11.7. The first-order chi connectivity index (χ1) is 9.00. The highest BCUT2D eigenvalue weighted by Crippen LogP contribution is 2.20. The van der Waals surface area contributed by atoms with Crippen molar-refractivity contribution in [2.75, 3.05) is 5.32 Å². The van der Waals surface area contributed by atoms with Gasteiger partial charge in [-0.1, -0.05) is 0 Å². The molecule has 0 aliphatic heterocycles. The van der Waals surface area contributed by atoms with Gasteiger partial charge >= 0.3 is 5.97 Å². The Morgan fingerprint density at radius 3 is 2.63 bits per heavy atom. The molecule has 100 valence electrons. The zero-order chi connectivity index (χ0) is 14.0. The average molecular weight is 278 g/mol. The summed E-state index contributed by atoms with van der Waals surface area (Å²) in [5.41, 5.74) is 4.13. The van der Waals surface area contributed by atoms with Crippen molar-refractivity contribution in [3.8, 4) is 0 Å². The summed E-state index contributed by atoms with van der Waals surface area (Å²) >= 11 is 1.52. The third-order valence-electron chi connectivity index (χ3n) is 2.93. The lowest BCUT2D eigenvalue weighted by Gasteiger charge is -2.10. The summed E-state index contributed by atoms with van der Waals surface area (Å²) in [5, 5.41) is 20.2. The fourth-order valence-corrected chi connectivity index (χ4v) is 2.37. The van der Waals surface area contributed by atoms with E-state index in [9.17, 15) is 9.90 Å². The number of carboxylic acids is 1. The lowest BCUT2D eigenvalue weighted by molar-refractivity contribution is 0.0696. The SMILES string of the molecule is Cc1ncsc1CNc1nnc(C)c(C)c1C(=O)O. The highest BCUT2D eigenvalue weighted by molar-refractivity contribution is 7.09. The largest absolute Gasteiger partial charge is 0.478 e. The molecule has 0 unspecified atom stereocenters. The molecule has 19 heavy (non-hydrogen) atoms. The molecule has 0 aliphatic rings. The van der Waals surface area contributed by atoms with E-state index in [-0.39, 0.29) is 5.56 Å². The van der Waals surface area contributed by atoms with Crippen molar-refractivity contribution in [2.45, 2.75) is 27.3 Å². The maximum atomic E-state index is 11.3. The van der Waals surface area contributed by atoms with Crippen molar-refractivity contribution in [1.82, 2.24) is 15.2 Å². The number of carbonyl (C=O) groups is 1. The Balaban J connectivity index is 2.28. The molecular formula is C12H14N4O2S. The first-order valence-electron chi connectivity index (χ1n) is 5.70. The molecule has 2 N–H and O–H groups in total. The number of nitrogens with one attached hydrogen (secondary N) is 1. The lowest BCUT2D eigenvalue weighted by Crippen LogP contribution is -2.12. The van der Waals surface area contributed by atoms with Crippen LogP contribution in [0.15, 0.2) is 5.51 Å². The molecular weight excluding hydrogens is 264 g/mol. The van der Waals surface area contributed by atoms with Crippen molar-refractivity contribution < 1.29 is 9.90 Å². The summed E-state index contributed by atoms with van der Waals surface area (Å²) in [6.07, 6.45) is 0. The Morgan fingerprint density at radius 1 is 1.32 bits per heavy atom. The van der Waals surface area contributed by atoms with Crippen LogP contribution in [-0.2, 0) is 6.54 Å². The van der Waals surface area contributed by atoms with Crippen LogP contribution in [0.3, 0.4) is 0 Å². The normalized spacial score (nSPS) is 10.5. The summed E-state index contributed by atoms with van der Waals surface area (Å²) in [5.74, 6) is -0.706. The van der Waals surface area contributed by atoms with Gasteiger partial charge in [0.25, 0.3) is 0 Å². The van der Waals surface area contributed by atoms with E-state index in [1.807, 2.05) is 6.92 Å². The van der Waals surface area contributed by atoms with E-state index in [2.05, 4.69) is 20.5 Å². The van der Waals surface area contributed by atoms with Crippen molar-refractivity contribution in [3.63, 3.8) is 0 Å². The standard InChI is InChI=1S/C12H14N4O2S/c1-6-7(2)15-16-11(10(6)12(17)18)13-4-9-8(3)14-5-19-9/h5H,4H2,1-3H3,(H,13,16)(H,17,18). The van der Waals surface area contributed by atoms with Crippen LogP contribution in [0.1, 0.15) is 32.2 Å². The van der Waals surface area contributed by atoms with Gasteiger partial charge in [0, 0.05) is 4.88 Å². The van der Waals surface area contributed by atoms with Crippen LogP contribution < -0.4 is 5.32 Å². The van der Waals surface area contributed by atoms with Gasteiger partial charge < -0.3 is 10.4 Å². The average Bonchev–Trinajstić information content (AvgIpc) is 2.76. The second-order valence-corrected chi connectivity index (χ2v) is 5.09. The van der Waals surface area contributed by atoms with Crippen molar-refractivity contribution in [1.29, 1.82) is 0 Å². The molecule has 0 atom stereocenters. The van der Waals surface area contributed by atoms with Crippen LogP contribution in [0, 0.1) is 20.8 Å². The summed E-state index contributed by atoms with van der Waals surface area (Å²) in [6, 6.07) is 0. The molecule has 0 aliphatic carbocycles. The van der Waals surface area contributed by atoms with Gasteiger partial charge in [-0.2, -0.15) is 5.10 Å². The maximum Gasteiger partial charge on any atom is 0.339 e. The van der Waals surface area contributed by atoms with Crippen LogP contribution in [0.2, 0.25) is 0 Å². The molecule has 2 heterocycles. The molecule has 0 saturated heterocycles. The van der Waals surface area contributed by atoms with Gasteiger partial charge in [0.05, 0.1) is 23.4 Å². The number of aryl methyl sites for hydroxylation is 2. The van der Waals surface area contributed by atoms with Crippen molar-refractivity contribution >= 4 is 23.1 Å². The fraction of sp³-hybridized carbons (Fsp3) is 0.333. The van der Waals surface area contributed by atoms with E-state index in [4.69, 9.17) is 0 Å². The number of rotatable bonds is 4. The van der Waals surface area contributed by atoms with Crippen LogP contribution in [0.5, 0.6) is 0 Å². The molecule has 0 radical (unpaired) electrons. The number of anilines is 1. The third kappa shape index (κ3) is 2.70. The summed E-state index contributed by atoms with van der Waals surface area (Å²) in [6.45, 7) is 5.88. The molecule has 0 fully saturated rings. The Hall–Kier alpha value is -2.02. The number of hydrogen-bond donors (Lipinski definition) is 2. The summed E-state index contributed by atoms with van der Waals surface area (Å²) < 4.78 is 0. The number of hydrogen-bond acceptors (Lipinski definition) is 6. The van der Waals surface area contributed by atoms with E-state index >= 15 is 0 Å². The molecule has 0 bridgehead atoms. The first kappa shape index (κ1) is 13.4. The first-order valence-corrected chi connectivity index (χ1v) is 6.58. The second kappa shape index (κ2) is 5.31. The Kier molecular flexibility index (Phi) is 3.75. The van der Waals surface area contributed by atoms with Gasteiger partial charge in [-0.15, -0.1) is 16.4 Å². The van der Waals surface area contributed by atoms with E-state index in [0.29, 0.717) is 23.6 Å². The third-order valence-corrected chi connectivity index (χ3v) is 3.86. The molecule has 0 amide bonds. The number of nitrogens with zero attached hydrogens (tertiary/aromatic N) is 3. The molecule has 0 aromatic carbocycles. The van der Waals surface area contributed by atoms with Gasteiger partial charge in [-0.05, 0) is 26.3 Å². The fourth-order valence-electron chi connectivity index (χ4n) is 1.65. The lowest BCUT2D eigenvalue weighted by atomic mass is 10.1. The smallest absolute Gasteiger partial charge is 0.339 e. The Bertz CT molecular complexity index is 624. The van der Waals surface area contributed by atoms with Gasteiger partial charge in [-0.25, -0.2) is 9.78 Å². The van der Waals surface area contributed by atoms with E-state index in [1.54, 1.807) is 19.4 Å². The predicted octanol–water partition coefficient (Wildman–Crippen LogP) is 2.17. The molecule has 2 aromatic heterocycles. The highest BCUT2D eigenvalue weighted by Gasteiger charge is 2.17. The number of thiazole rings is 1. The van der Waals surface area contributed by atoms with Crippen molar-refractivity contribution in [2.24, 2.45) is 0 Å². The monoisotopic (exact) mass is 278 g/mol. The van der Waals surface area contributed by atoms with Crippen LogP contribution >= 0.6 is 11.3 Å². The molecule has 6 nitrogen and oxygen atoms in total. The highest BCUT2D eigenvalue weighted by atomic mass is 32.1. The topological polar surface area (TPSA) is 88.0 Å². The molecule has 7 heteroatoms.